The number of aryl methyl sites for hydroxylation is 2. The molecule has 0 aliphatic carbocycles. The van der Waals surface area contributed by atoms with Gasteiger partial charge in [0.05, 0.1) is 29.4 Å². The number of piperazine rings is 1. The Morgan fingerprint density at radius 3 is 2.36 bits per heavy atom. The SMILES string of the molecule is Cc1cc(-c2nc(NC(=O)c3cnc(N4CCN(CCC(=O)O)CC4)cn3)sc2CN2CCC[C@H]2C)sc1C.Cl.Cl.Cl. The maximum atomic E-state index is 13.1. The van der Waals surface area contributed by atoms with Crippen LogP contribution in [-0.2, 0) is 11.3 Å². The summed E-state index contributed by atoms with van der Waals surface area (Å²) in [5, 5.41) is 12.4. The maximum Gasteiger partial charge on any atom is 0.304 e. The Morgan fingerprint density at radius 2 is 1.79 bits per heavy atom. The van der Waals surface area contributed by atoms with Crippen LogP contribution in [-0.4, -0.2) is 87.0 Å². The van der Waals surface area contributed by atoms with Crippen molar-refractivity contribution >= 4 is 82.7 Å². The van der Waals surface area contributed by atoms with Crippen LogP contribution in [0.15, 0.2) is 18.5 Å². The highest BCUT2D eigenvalue weighted by atomic mass is 35.5. The van der Waals surface area contributed by atoms with E-state index in [0.717, 1.165) is 49.8 Å². The van der Waals surface area contributed by atoms with Gasteiger partial charge in [-0.2, -0.15) is 0 Å². The highest BCUT2D eigenvalue weighted by molar-refractivity contribution is 7.18. The number of amides is 1. The zero-order chi connectivity index (χ0) is 27.5. The Hall–Kier alpha value is -2.06. The number of anilines is 2. The number of thiazole rings is 1. The smallest absolute Gasteiger partial charge is 0.304 e. The highest BCUT2D eigenvalue weighted by Gasteiger charge is 2.25. The predicted octanol–water partition coefficient (Wildman–Crippen LogP) is 5.38. The van der Waals surface area contributed by atoms with E-state index >= 15 is 0 Å². The second-order valence-electron chi connectivity index (χ2n) is 10.3. The Kier molecular flexibility index (Phi) is 13.9. The highest BCUT2D eigenvalue weighted by Crippen LogP contribution is 2.38. The number of hydrogen-bond donors (Lipinski definition) is 2. The fourth-order valence-corrected chi connectivity index (χ4v) is 7.14. The third kappa shape index (κ3) is 8.75. The molecule has 15 heteroatoms. The lowest BCUT2D eigenvalue weighted by atomic mass is 10.2. The normalized spacial score (nSPS) is 17.2. The van der Waals surface area contributed by atoms with E-state index in [9.17, 15) is 9.59 Å². The quantitative estimate of drug-likeness (QED) is 0.308. The summed E-state index contributed by atoms with van der Waals surface area (Å²) >= 11 is 3.28. The van der Waals surface area contributed by atoms with E-state index in [1.807, 2.05) is 0 Å². The van der Waals surface area contributed by atoms with Gasteiger partial charge in [0, 0.05) is 55.1 Å². The maximum absolute atomic E-state index is 13.1. The number of carboxylic acids is 1. The van der Waals surface area contributed by atoms with Crippen LogP contribution in [0.25, 0.3) is 10.6 Å². The number of aliphatic carboxylic acids is 1. The van der Waals surface area contributed by atoms with Crippen LogP contribution in [0.2, 0.25) is 0 Å². The minimum absolute atomic E-state index is 0. The molecule has 2 aliphatic rings. The first-order chi connectivity index (χ1) is 18.8. The van der Waals surface area contributed by atoms with Crippen LogP contribution in [0.5, 0.6) is 0 Å². The molecule has 42 heavy (non-hydrogen) atoms. The van der Waals surface area contributed by atoms with Gasteiger partial charge in [-0.3, -0.25) is 24.7 Å². The molecule has 1 atom stereocenters. The number of rotatable bonds is 9. The van der Waals surface area contributed by atoms with E-state index in [-0.39, 0.29) is 55.2 Å². The topological polar surface area (TPSA) is 115 Å². The number of likely N-dealkylation sites (tertiary alicyclic amines) is 1. The third-order valence-corrected chi connectivity index (χ3v) is 9.68. The lowest BCUT2D eigenvalue weighted by Gasteiger charge is -2.34. The average molecular weight is 679 g/mol. The van der Waals surface area contributed by atoms with Crippen LogP contribution in [0, 0.1) is 13.8 Å². The number of aromatic nitrogens is 3. The van der Waals surface area contributed by atoms with Crippen molar-refractivity contribution in [2.45, 2.75) is 52.6 Å². The van der Waals surface area contributed by atoms with E-state index in [4.69, 9.17) is 10.1 Å². The second-order valence-corrected chi connectivity index (χ2v) is 12.6. The van der Waals surface area contributed by atoms with Crippen LogP contribution in [0.1, 0.15) is 52.0 Å². The third-order valence-electron chi connectivity index (χ3n) is 7.56. The summed E-state index contributed by atoms with van der Waals surface area (Å²) in [6.07, 6.45) is 5.71. The Balaban J connectivity index is 0.00000205. The summed E-state index contributed by atoms with van der Waals surface area (Å²) < 4.78 is 0. The first kappa shape index (κ1) is 36.1. The van der Waals surface area contributed by atoms with Gasteiger partial charge in [0.15, 0.2) is 5.13 Å². The van der Waals surface area contributed by atoms with Crippen molar-refractivity contribution in [3.05, 3.63) is 39.5 Å². The number of nitrogens with zero attached hydrogens (tertiary/aromatic N) is 6. The van der Waals surface area contributed by atoms with Crippen LogP contribution in [0.4, 0.5) is 10.9 Å². The van der Waals surface area contributed by atoms with Crippen molar-refractivity contribution in [2.24, 2.45) is 0 Å². The molecule has 2 aliphatic heterocycles. The van der Waals surface area contributed by atoms with E-state index in [2.05, 4.69) is 56.8 Å². The Morgan fingerprint density at radius 1 is 1.05 bits per heavy atom. The fourth-order valence-electron chi connectivity index (χ4n) is 5.02. The van der Waals surface area contributed by atoms with E-state index in [1.54, 1.807) is 17.5 Å². The van der Waals surface area contributed by atoms with Gasteiger partial charge in [-0.25, -0.2) is 15.0 Å². The van der Waals surface area contributed by atoms with Crippen molar-refractivity contribution in [1.29, 1.82) is 0 Å². The fraction of sp³-hybridized carbons (Fsp3) is 0.519. The molecule has 10 nitrogen and oxygen atoms in total. The molecule has 0 bridgehead atoms. The van der Waals surface area contributed by atoms with Gasteiger partial charge in [-0.15, -0.1) is 48.6 Å². The molecule has 3 aromatic rings. The van der Waals surface area contributed by atoms with Crippen molar-refractivity contribution in [3.8, 4) is 10.6 Å². The zero-order valence-corrected chi connectivity index (χ0v) is 28.0. The van der Waals surface area contributed by atoms with Crippen LogP contribution >= 0.6 is 59.9 Å². The van der Waals surface area contributed by atoms with Crippen molar-refractivity contribution in [3.63, 3.8) is 0 Å². The Bertz CT molecular complexity index is 1310. The molecule has 3 aromatic heterocycles. The molecule has 1 amide bonds. The first-order valence-corrected chi connectivity index (χ1v) is 15.0. The molecule has 2 N–H and O–H groups in total. The summed E-state index contributed by atoms with van der Waals surface area (Å²) in [7, 11) is 0. The van der Waals surface area contributed by atoms with Crippen LogP contribution < -0.4 is 10.2 Å². The molecule has 5 heterocycles. The molecular formula is C27H38Cl3N7O3S2. The molecular weight excluding hydrogens is 641 g/mol. The summed E-state index contributed by atoms with van der Waals surface area (Å²) in [6.45, 7) is 12.0. The van der Waals surface area contributed by atoms with E-state index < -0.39 is 5.97 Å². The van der Waals surface area contributed by atoms with Crippen molar-refractivity contribution in [2.75, 3.05) is 49.5 Å². The van der Waals surface area contributed by atoms with Crippen molar-refractivity contribution in [1.82, 2.24) is 24.8 Å². The standard InChI is InChI=1S/C27H35N7O3S2.3ClH/c1-17-13-21(38-19(17)3)25-22(16-34-7-4-5-18(34)2)39-27(30-25)31-26(37)20-14-29-23(15-28-20)33-11-9-32(10-12-33)8-6-24(35)36;;;/h13-15,18H,4-12,16H2,1-3H3,(H,35,36)(H,30,31,37);3*1H/t18-;;;/m1.../s1. The molecule has 5 rings (SSSR count). The monoisotopic (exact) mass is 677 g/mol. The number of halogens is 3. The summed E-state index contributed by atoms with van der Waals surface area (Å²) in [4.78, 5) is 47.9. The zero-order valence-electron chi connectivity index (χ0n) is 23.9. The first-order valence-electron chi connectivity index (χ1n) is 13.4. The van der Waals surface area contributed by atoms with Gasteiger partial charge in [0.2, 0.25) is 0 Å². The van der Waals surface area contributed by atoms with Gasteiger partial charge < -0.3 is 10.0 Å². The number of thiophene rings is 1. The van der Waals surface area contributed by atoms with Crippen LogP contribution in [0.3, 0.4) is 0 Å². The minimum atomic E-state index is -0.778. The molecule has 0 saturated carbocycles. The van der Waals surface area contributed by atoms with Gasteiger partial charge in [0.25, 0.3) is 5.91 Å². The number of carbonyl (C=O) groups excluding carboxylic acids is 1. The summed E-state index contributed by atoms with van der Waals surface area (Å²) in [5.74, 6) is -0.390. The number of hydrogen-bond acceptors (Lipinski definition) is 10. The summed E-state index contributed by atoms with van der Waals surface area (Å²) in [6, 6.07) is 2.74. The van der Waals surface area contributed by atoms with Gasteiger partial charge >= 0.3 is 5.97 Å². The molecule has 2 saturated heterocycles. The lowest BCUT2D eigenvalue weighted by Crippen LogP contribution is -2.47. The van der Waals surface area contributed by atoms with E-state index in [0.29, 0.717) is 23.5 Å². The average Bonchev–Trinajstić information content (AvgIpc) is 3.62. The van der Waals surface area contributed by atoms with E-state index in [1.165, 1.54) is 45.7 Å². The number of nitrogens with one attached hydrogen (secondary N) is 1. The van der Waals surface area contributed by atoms with Gasteiger partial charge in [-0.05, 0) is 51.8 Å². The molecule has 0 radical (unpaired) electrons. The van der Waals surface area contributed by atoms with Gasteiger partial charge in [0.1, 0.15) is 11.5 Å². The molecule has 2 fully saturated rings. The summed E-state index contributed by atoms with van der Waals surface area (Å²) in [5.41, 5.74) is 2.46. The molecule has 0 spiro atoms. The Labute approximate surface area is 273 Å². The minimum Gasteiger partial charge on any atom is -0.481 e. The molecule has 0 unspecified atom stereocenters. The largest absolute Gasteiger partial charge is 0.481 e. The number of carboxylic acid groups (broad SMARTS) is 1. The second kappa shape index (κ2) is 16.1. The number of carbonyl (C=O) groups is 2. The molecule has 0 aromatic carbocycles. The lowest BCUT2D eigenvalue weighted by molar-refractivity contribution is -0.137. The predicted molar refractivity (Wildman–Crippen MR) is 177 cm³/mol. The molecule has 232 valence electrons. The van der Waals surface area contributed by atoms with Gasteiger partial charge in [-0.1, -0.05) is 11.3 Å². The van der Waals surface area contributed by atoms with Crippen molar-refractivity contribution < 1.29 is 14.7 Å².